The monoisotopic (exact) mass is 311 g/mol. The number of hydrogen-bond donors (Lipinski definition) is 2. The topological polar surface area (TPSA) is 107 Å². The third kappa shape index (κ3) is 3.02. The molecule has 112 valence electrons. The fourth-order valence-corrected chi connectivity index (χ4v) is 2.25. The normalized spacial score (nSPS) is 18.0. The van der Waals surface area contributed by atoms with Crippen LogP contribution in [0.15, 0.2) is 27.8 Å². The van der Waals surface area contributed by atoms with E-state index in [1.54, 1.807) is 13.8 Å². The zero-order valence-corrected chi connectivity index (χ0v) is 12.2. The van der Waals surface area contributed by atoms with E-state index in [-0.39, 0.29) is 17.9 Å². The quantitative estimate of drug-likeness (QED) is 0.373. The van der Waals surface area contributed by atoms with Gasteiger partial charge in [-0.15, -0.1) is 0 Å². The highest BCUT2D eigenvalue weighted by molar-refractivity contribution is 7.80. The van der Waals surface area contributed by atoms with Gasteiger partial charge in [-0.2, -0.15) is 0 Å². The van der Waals surface area contributed by atoms with Crippen molar-refractivity contribution < 1.29 is 18.9 Å². The lowest BCUT2D eigenvalue weighted by atomic mass is 10.0. The fraction of sp³-hybridized carbons (Fsp3) is 0.333. The van der Waals surface area contributed by atoms with Gasteiger partial charge in [0.1, 0.15) is 16.7 Å². The second-order valence-corrected chi connectivity index (χ2v) is 4.63. The highest BCUT2D eigenvalue weighted by Crippen LogP contribution is 2.30. The highest BCUT2D eigenvalue weighted by atomic mass is 32.1. The summed E-state index contributed by atoms with van der Waals surface area (Å²) in [5, 5.41) is 16.7. The largest absolute Gasteiger partial charge is 0.463 e. The number of thiocarbonyl (C=S) groups is 1. The van der Waals surface area contributed by atoms with Gasteiger partial charge in [0, 0.05) is 5.70 Å². The second-order valence-electron chi connectivity index (χ2n) is 4.22. The van der Waals surface area contributed by atoms with Crippen LogP contribution in [-0.2, 0) is 9.53 Å². The van der Waals surface area contributed by atoms with Crippen LogP contribution in [-0.4, -0.2) is 22.6 Å². The molecular formula is C12H13N3O5S. The summed E-state index contributed by atoms with van der Waals surface area (Å²) in [6.45, 7) is 3.57. The Morgan fingerprint density at radius 2 is 2.29 bits per heavy atom. The van der Waals surface area contributed by atoms with E-state index in [2.05, 4.69) is 10.6 Å². The van der Waals surface area contributed by atoms with Crippen LogP contribution in [0, 0.1) is 10.1 Å². The SMILES string of the molecule is CCOC(=O)C1=C(C)NC(=S)NC1c1ccc([N+](=O)[O-])o1. The van der Waals surface area contributed by atoms with Crippen LogP contribution in [0.5, 0.6) is 0 Å². The maximum Gasteiger partial charge on any atom is 0.433 e. The second kappa shape index (κ2) is 5.92. The lowest BCUT2D eigenvalue weighted by Crippen LogP contribution is -2.45. The molecule has 1 aromatic heterocycles. The van der Waals surface area contributed by atoms with E-state index in [9.17, 15) is 14.9 Å². The van der Waals surface area contributed by atoms with Gasteiger partial charge in [-0.05, 0) is 32.1 Å². The van der Waals surface area contributed by atoms with Crippen molar-refractivity contribution in [3.63, 3.8) is 0 Å². The summed E-state index contributed by atoms with van der Waals surface area (Å²) in [5.41, 5.74) is 0.788. The molecule has 1 aromatic rings. The van der Waals surface area contributed by atoms with Crippen molar-refractivity contribution in [3.8, 4) is 0 Å². The molecule has 0 radical (unpaired) electrons. The molecule has 1 aliphatic rings. The van der Waals surface area contributed by atoms with Gasteiger partial charge >= 0.3 is 11.9 Å². The maximum absolute atomic E-state index is 12.1. The molecule has 0 fully saturated rings. The number of nitrogens with one attached hydrogen (secondary N) is 2. The lowest BCUT2D eigenvalue weighted by Gasteiger charge is -2.27. The fourth-order valence-electron chi connectivity index (χ4n) is 1.98. The first kappa shape index (κ1) is 15.0. The zero-order valence-electron chi connectivity index (χ0n) is 11.3. The van der Waals surface area contributed by atoms with Crippen LogP contribution in [0.2, 0.25) is 0 Å². The zero-order chi connectivity index (χ0) is 15.6. The molecule has 9 heteroatoms. The standard InChI is InChI=1S/C12H13N3O5S/c1-3-19-11(16)9-6(2)13-12(21)14-10(9)7-4-5-8(20-7)15(17)18/h4-5,10H,3H2,1-2H3,(H2,13,14,21). The summed E-state index contributed by atoms with van der Waals surface area (Å²) >= 11 is 5.04. The van der Waals surface area contributed by atoms with E-state index >= 15 is 0 Å². The summed E-state index contributed by atoms with van der Waals surface area (Å²) in [5.74, 6) is -0.730. The third-order valence-electron chi connectivity index (χ3n) is 2.84. The Bertz CT molecular complexity index is 637. The van der Waals surface area contributed by atoms with Crippen LogP contribution < -0.4 is 10.6 Å². The molecule has 0 aromatic carbocycles. The van der Waals surface area contributed by atoms with Crippen molar-refractivity contribution in [1.29, 1.82) is 0 Å². The Morgan fingerprint density at radius 3 is 2.86 bits per heavy atom. The van der Waals surface area contributed by atoms with Crippen LogP contribution in [0.4, 0.5) is 5.88 Å². The highest BCUT2D eigenvalue weighted by Gasteiger charge is 2.33. The summed E-state index contributed by atoms with van der Waals surface area (Å²) in [4.78, 5) is 22.1. The molecule has 1 unspecified atom stereocenters. The number of nitrogens with zero attached hydrogens (tertiary/aromatic N) is 1. The van der Waals surface area contributed by atoms with Crippen LogP contribution in [0.1, 0.15) is 25.6 Å². The molecule has 0 bridgehead atoms. The van der Waals surface area contributed by atoms with Gasteiger partial charge in [-0.3, -0.25) is 10.1 Å². The molecule has 0 aliphatic carbocycles. The van der Waals surface area contributed by atoms with Crippen molar-refractivity contribution in [2.75, 3.05) is 6.61 Å². The molecule has 0 amide bonds. The molecule has 2 heterocycles. The number of furan rings is 1. The van der Waals surface area contributed by atoms with Gasteiger partial charge in [-0.25, -0.2) is 4.79 Å². The van der Waals surface area contributed by atoms with Gasteiger partial charge in [0.15, 0.2) is 5.11 Å². The molecule has 21 heavy (non-hydrogen) atoms. The molecule has 2 rings (SSSR count). The third-order valence-corrected chi connectivity index (χ3v) is 3.06. The molecule has 0 saturated heterocycles. The van der Waals surface area contributed by atoms with Gasteiger partial charge in [0.25, 0.3) is 0 Å². The Morgan fingerprint density at radius 1 is 1.57 bits per heavy atom. The van der Waals surface area contributed by atoms with Crippen molar-refractivity contribution in [2.24, 2.45) is 0 Å². The summed E-state index contributed by atoms with van der Waals surface area (Å²) in [6.07, 6.45) is 0. The molecule has 1 aliphatic heterocycles. The van der Waals surface area contributed by atoms with Crippen LogP contribution in [0.25, 0.3) is 0 Å². The van der Waals surface area contributed by atoms with Crippen LogP contribution >= 0.6 is 12.2 Å². The smallest absolute Gasteiger partial charge is 0.433 e. The van der Waals surface area contributed by atoms with E-state index in [1.807, 2.05) is 0 Å². The number of rotatable bonds is 4. The first-order chi connectivity index (χ1) is 9.93. The van der Waals surface area contributed by atoms with Gasteiger partial charge < -0.3 is 19.8 Å². The van der Waals surface area contributed by atoms with E-state index in [1.165, 1.54) is 12.1 Å². The average molecular weight is 311 g/mol. The van der Waals surface area contributed by atoms with Crippen LogP contribution in [0.3, 0.4) is 0 Å². The Hall–Kier alpha value is -2.42. The number of ether oxygens (including phenoxy) is 1. The number of esters is 1. The Labute approximate surface area is 125 Å². The average Bonchev–Trinajstić information content (AvgIpc) is 2.87. The molecule has 1 atom stereocenters. The van der Waals surface area contributed by atoms with Crippen molar-refractivity contribution >= 4 is 29.2 Å². The number of hydrogen-bond acceptors (Lipinski definition) is 6. The minimum Gasteiger partial charge on any atom is -0.463 e. The summed E-state index contributed by atoms with van der Waals surface area (Å²) in [6, 6.07) is 1.92. The van der Waals surface area contributed by atoms with Gasteiger partial charge in [0.05, 0.1) is 18.2 Å². The summed E-state index contributed by atoms with van der Waals surface area (Å²) < 4.78 is 10.1. The number of carbonyl (C=O) groups is 1. The molecular weight excluding hydrogens is 298 g/mol. The maximum atomic E-state index is 12.1. The van der Waals surface area contributed by atoms with Crippen molar-refractivity contribution in [2.45, 2.75) is 19.9 Å². The predicted octanol–water partition coefficient (Wildman–Crippen LogP) is 1.54. The molecule has 0 spiro atoms. The predicted molar refractivity (Wildman–Crippen MR) is 76.3 cm³/mol. The number of nitro groups is 1. The van der Waals surface area contributed by atoms with E-state index in [4.69, 9.17) is 21.4 Å². The van der Waals surface area contributed by atoms with E-state index < -0.39 is 22.8 Å². The lowest BCUT2D eigenvalue weighted by molar-refractivity contribution is -0.402. The van der Waals surface area contributed by atoms with E-state index in [0.29, 0.717) is 10.8 Å². The molecule has 8 nitrogen and oxygen atoms in total. The van der Waals surface area contributed by atoms with Crippen molar-refractivity contribution in [1.82, 2.24) is 10.6 Å². The molecule has 2 N–H and O–H groups in total. The van der Waals surface area contributed by atoms with Gasteiger partial charge in [0.2, 0.25) is 0 Å². The Kier molecular flexibility index (Phi) is 4.22. The minimum absolute atomic E-state index is 0.213. The first-order valence-corrected chi connectivity index (χ1v) is 6.54. The summed E-state index contributed by atoms with van der Waals surface area (Å²) in [7, 11) is 0. The first-order valence-electron chi connectivity index (χ1n) is 6.13. The molecule has 0 saturated carbocycles. The van der Waals surface area contributed by atoms with Crippen molar-refractivity contribution in [3.05, 3.63) is 39.3 Å². The number of carbonyl (C=O) groups excluding carboxylic acids is 1. The minimum atomic E-state index is -0.730. The van der Waals surface area contributed by atoms with Gasteiger partial charge in [-0.1, -0.05) is 0 Å². The van der Waals surface area contributed by atoms with E-state index in [0.717, 1.165) is 0 Å². The number of allylic oxidation sites excluding steroid dienone is 1. The Balaban J connectivity index is 2.41.